The van der Waals surface area contributed by atoms with Gasteiger partial charge in [0, 0.05) is 48.9 Å². The zero-order valence-corrected chi connectivity index (χ0v) is 36.7. The molecule has 1 atom stereocenters. The summed E-state index contributed by atoms with van der Waals surface area (Å²) in [5.74, 6) is 0.445. The maximum Gasteiger partial charge on any atom is 0.257 e. The number of hydrogen-bond acceptors (Lipinski definition) is 9. The number of likely N-dealkylation sites (N-methyl/N-ethyl adjacent to an activating group) is 1. The van der Waals surface area contributed by atoms with Crippen molar-refractivity contribution < 1.29 is 42.6 Å². The molecule has 0 fully saturated rings. The molecule has 64 heavy (non-hydrogen) atoms. The topological polar surface area (TPSA) is 164 Å². The normalized spacial score (nSPS) is 11.0. The minimum Gasteiger partial charge on any atom is -0.457 e. The highest BCUT2D eigenvalue weighted by Crippen LogP contribution is 2.31. The summed E-state index contributed by atoms with van der Waals surface area (Å²) in [6, 6.07) is 30.7. The first-order valence-electron chi connectivity index (χ1n) is 21.2. The second-order valence-electron chi connectivity index (χ2n) is 14.5. The Bertz CT molecular complexity index is 2300. The molecule has 5 rings (SSSR count). The highest BCUT2D eigenvalue weighted by Gasteiger charge is 2.29. The van der Waals surface area contributed by atoms with E-state index in [2.05, 4.69) is 46.9 Å². The Morgan fingerprint density at radius 2 is 1.53 bits per heavy atom. The van der Waals surface area contributed by atoms with Crippen molar-refractivity contribution in [3.8, 4) is 11.5 Å². The average Bonchev–Trinajstić information content (AvgIpc) is 3.33. The van der Waals surface area contributed by atoms with Gasteiger partial charge < -0.3 is 40.4 Å². The summed E-state index contributed by atoms with van der Waals surface area (Å²) in [6.45, 7) is 9.89. The number of ether oxygens (including phenoxy) is 3. The Labute approximate surface area is 374 Å². The third-order valence-electron chi connectivity index (χ3n) is 10.0. The summed E-state index contributed by atoms with van der Waals surface area (Å²) < 4.78 is 29.5. The van der Waals surface area contributed by atoms with Gasteiger partial charge in [0.15, 0.2) is 6.29 Å². The molecule has 0 saturated carbocycles. The number of carbonyl (C=O) groups excluding carboxylic acids is 5. The summed E-state index contributed by atoms with van der Waals surface area (Å²) in [5, 5.41) is 13.0. The quantitative estimate of drug-likeness (QED) is 0.0339. The lowest BCUT2D eigenvalue weighted by molar-refractivity contribution is -0.124. The molecule has 0 aliphatic carbocycles. The van der Waals surface area contributed by atoms with Gasteiger partial charge in [0.05, 0.1) is 32.0 Å². The van der Waals surface area contributed by atoms with Gasteiger partial charge in [-0.1, -0.05) is 87.5 Å². The van der Waals surface area contributed by atoms with E-state index >= 15 is 0 Å². The predicted octanol–water partition coefficient (Wildman–Crippen LogP) is 7.78. The number of hydrogen-bond donors (Lipinski definition) is 4. The van der Waals surface area contributed by atoms with Crippen LogP contribution in [0, 0.1) is 0 Å². The summed E-state index contributed by atoms with van der Waals surface area (Å²) in [5.41, 5.74) is 4.47. The first kappa shape index (κ1) is 49.8. The molecule has 0 bridgehead atoms. The van der Waals surface area contributed by atoms with E-state index in [-0.39, 0.29) is 22.9 Å². The molecule has 5 aromatic carbocycles. The monoisotopic (exact) mass is 875 g/mol. The first-order chi connectivity index (χ1) is 31.2. The van der Waals surface area contributed by atoms with Crippen molar-refractivity contribution in [2.75, 3.05) is 51.9 Å². The molecule has 0 spiro atoms. The Kier molecular flexibility index (Phi) is 21.2. The minimum absolute atomic E-state index is 0.114. The van der Waals surface area contributed by atoms with Crippen molar-refractivity contribution in [3.63, 3.8) is 0 Å². The zero-order valence-electron chi connectivity index (χ0n) is 36.7. The number of halogens is 1. The van der Waals surface area contributed by atoms with Gasteiger partial charge >= 0.3 is 0 Å². The predicted molar refractivity (Wildman–Crippen MR) is 247 cm³/mol. The smallest absolute Gasteiger partial charge is 0.257 e. The number of nitrogens with one attached hydrogen (secondary N) is 4. The van der Waals surface area contributed by atoms with Crippen molar-refractivity contribution in [3.05, 3.63) is 149 Å². The number of rotatable bonds is 25. The summed E-state index contributed by atoms with van der Waals surface area (Å²) in [6.07, 6.45) is 4.65. The van der Waals surface area contributed by atoms with Gasteiger partial charge in [0.2, 0.25) is 12.3 Å². The molecular weight excluding hydrogens is 818 g/mol. The van der Waals surface area contributed by atoms with Crippen LogP contribution in [0.1, 0.15) is 74.5 Å². The zero-order chi connectivity index (χ0) is 46.1. The van der Waals surface area contributed by atoms with E-state index in [4.69, 9.17) is 14.2 Å². The Hall–Kier alpha value is -6.90. The van der Waals surface area contributed by atoms with Crippen LogP contribution in [0.4, 0.5) is 10.1 Å². The number of alkyl halides is 1. The number of amides is 4. The van der Waals surface area contributed by atoms with E-state index in [9.17, 15) is 28.4 Å². The molecule has 5 aromatic rings. The third kappa shape index (κ3) is 15.2. The van der Waals surface area contributed by atoms with Crippen molar-refractivity contribution in [1.82, 2.24) is 20.9 Å². The lowest BCUT2D eigenvalue weighted by Crippen LogP contribution is -2.46. The molecular formula is C50H58FN5O8. The van der Waals surface area contributed by atoms with Gasteiger partial charge in [-0.2, -0.15) is 0 Å². The van der Waals surface area contributed by atoms with Crippen LogP contribution in [0.2, 0.25) is 0 Å². The van der Waals surface area contributed by atoms with Gasteiger partial charge in [-0.25, -0.2) is 4.39 Å². The Morgan fingerprint density at radius 1 is 0.812 bits per heavy atom. The highest BCUT2D eigenvalue weighted by molar-refractivity contribution is 6.07. The summed E-state index contributed by atoms with van der Waals surface area (Å²) in [7, 11) is 1.55. The van der Waals surface area contributed by atoms with Gasteiger partial charge in [-0.15, -0.1) is 0 Å². The van der Waals surface area contributed by atoms with Crippen LogP contribution in [0.15, 0.2) is 116 Å². The number of fused-ring (bicyclic) bond motifs is 1. The first-order valence-corrected chi connectivity index (χ1v) is 21.2. The van der Waals surface area contributed by atoms with Crippen LogP contribution in [0.5, 0.6) is 11.5 Å². The van der Waals surface area contributed by atoms with Gasteiger partial charge in [-0.3, -0.25) is 24.0 Å². The fourth-order valence-corrected chi connectivity index (χ4v) is 6.61. The fraction of sp³-hybridized carbons (Fsp3) is 0.300. The fourth-order valence-electron chi connectivity index (χ4n) is 6.61. The highest BCUT2D eigenvalue weighted by atomic mass is 19.1. The number of carbonyl (C=O) groups is 5. The van der Waals surface area contributed by atoms with E-state index in [1.165, 1.54) is 16.7 Å². The molecule has 0 saturated heterocycles. The number of nitrogens with zero attached hydrogens (tertiary/aromatic N) is 1. The molecule has 14 heteroatoms. The standard InChI is InChI=1S/C27H24FNO2.C23H34N4O6/c1-2-19-5-3-6-21(15-19)18-29-27(30)23-11-14-25-22(16-23)7-4-8-26(25)31-24-12-9-20(17-28)10-13-24;1-4-7-20(22(30)25-5-2)27(3)23(31)21-18(16-28)8-6-9-19(21)26-11-13-33-15-14-32-12-10-24-17-29/h3-16H,2,17-18H2,1H3,(H,29,30);5-6,8-9,16-17,20,26H,2,4,7,10-15H2,1,3H3,(H,24,29)(H,25,30). The average molecular weight is 876 g/mol. The maximum absolute atomic E-state index is 13.3. The van der Waals surface area contributed by atoms with Gasteiger partial charge in [0.1, 0.15) is 24.2 Å². The third-order valence-corrected chi connectivity index (χ3v) is 10.0. The SMILES string of the molecule is C=CNC(=O)C(CCC)N(C)C(=O)c1c(C=O)cccc1NCCOCCOCCNC=O.CCc1cccc(CNC(=O)c2ccc3c(Oc4ccc(CF)cc4)cccc3c2)c1. The van der Waals surface area contributed by atoms with Crippen LogP contribution >= 0.6 is 0 Å². The van der Waals surface area contributed by atoms with E-state index in [1.807, 2.05) is 49.4 Å². The molecule has 0 aliphatic rings. The Balaban J connectivity index is 0.000000281. The minimum atomic E-state index is -0.696. The number of aryl methyl sites for hydroxylation is 1. The van der Waals surface area contributed by atoms with Crippen molar-refractivity contribution in [1.29, 1.82) is 0 Å². The molecule has 4 N–H and O–H groups in total. The summed E-state index contributed by atoms with van der Waals surface area (Å²) >= 11 is 0. The molecule has 0 aliphatic heterocycles. The number of anilines is 1. The van der Waals surface area contributed by atoms with Crippen LogP contribution < -0.4 is 26.0 Å². The van der Waals surface area contributed by atoms with Crippen LogP contribution in [0.25, 0.3) is 10.8 Å². The van der Waals surface area contributed by atoms with Crippen LogP contribution in [-0.4, -0.2) is 87.9 Å². The van der Waals surface area contributed by atoms with E-state index in [0.717, 1.165) is 22.8 Å². The largest absolute Gasteiger partial charge is 0.457 e. The second-order valence-corrected chi connectivity index (χ2v) is 14.5. The number of aldehydes is 1. The summed E-state index contributed by atoms with van der Waals surface area (Å²) in [4.78, 5) is 61.5. The molecule has 338 valence electrons. The van der Waals surface area contributed by atoms with Crippen molar-refractivity contribution in [2.24, 2.45) is 0 Å². The lowest BCUT2D eigenvalue weighted by atomic mass is 10.0. The molecule has 4 amide bonds. The van der Waals surface area contributed by atoms with Gasteiger partial charge in [-0.05, 0) is 83.6 Å². The lowest BCUT2D eigenvalue weighted by Gasteiger charge is -2.28. The molecule has 13 nitrogen and oxygen atoms in total. The Morgan fingerprint density at radius 3 is 2.22 bits per heavy atom. The molecule has 0 radical (unpaired) electrons. The molecule has 0 heterocycles. The van der Waals surface area contributed by atoms with Crippen molar-refractivity contribution >= 4 is 46.9 Å². The van der Waals surface area contributed by atoms with Crippen LogP contribution in [-0.2, 0) is 38.7 Å². The van der Waals surface area contributed by atoms with Crippen molar-refractivity contribution in [2.45, 2.75) is 52.4 Å². The molecule has 1 unspecified atom stereocenters. The van der Waals surface area contributed by atoms with Gasteiger partial charge in [0.25, 0.3) is 11.8 Å². The van der Waals surface area contributed by atoms with E-state index in [0.29, 0.717) is 99.9 Å². The van der Waals surface area contributed by atoms with E-state index in [1.54, 1.807) is 55.6 Å². The van der Waals surface area contributed by atoms with Crippen LogP contribution in [0.3, 0.4) is 0 Å². The van der Waals surface area contributed by atoms with E-state index < -0.39 is 18.6 Å². The number of benzene rings is 5. The molecule has 0 aromatic heterocycles. The second kappa shape index (κ2) is 27.2. The maximum atomic E-state index is 13.3.